The molecule has 8 nitrogen and oxygen atoms in total. The Morgan fingerprint density at radius 1 is 1.23 bits per heavy atom. The number of nitrogens with zero attached hydrogens (tertiary/aromatic N) is 5. The number of hydrogen-bond donors (Lipinski definition) is 1. The lowest BCUT2D eigenvalue weighted by molar-refractivity contribution is -0.131. The van der Waals surface area contributed by atoms with E-state index in [0.717, 1.165) is 44.5 Å². The highest BCUT2D eigenvalue weighted by Crippen LogP contribution is 2.43. The molecule has 1 aliphatic carbocycles. The van der Waals surface area contributed by atoms with Crippen LogP contribution < -0.4 is 10.1 Å². The van der Waals surface area contributed by atoms with E-state index in [9.17, 15) is 4.39 Å². The van der Waals surface area contributed by atoms with Crippen molar-refractivity contribution in [3.63, 3.8) is 0 Å². The van der Waals surface area contributed by atoms with Crippen LogP contribution in [0.1, 0.15) is 31.5 Å². The number of aromatic nitrogens is 5. The topological polar surface area (TPSA) is 78.5 Å². The molecule has 35 heavy (non-hydrogen) atoms. The van der Waals surface area contributed by atoms with Gasteiger partial charge in [0.25, 0.3) is 0 Å². The molecule has 6 rings (SSSR count). The van der Waals surface area contributed by atoms with Gasteiger partial charge in [0.05, 0.1) is 32.4 Å². The molecule has 2 aliphatic rings. The van der Waals surface area contributed by atoms with Crippen molar-refractivity contribution in [1.82, 2.24) is 24.1 Å². The highest BCUT2D eigenvalue weighted by Gasteiger charge is 2.41. The van der Waals surface area contributed by atoms with Gasteiger partial charge in [0.15, 0.2) is 5.82 Å². The Morgan fingerprint density at radius 2 is 2.03 bits per heavy atom. The van der Waals surface area contributed by atoms with E-state index < -0.39 is 12.5 Å². The zero-order valence-electron chi connectivity index (χ0n) is 19.9. The van der Waals surface area contributed by atoms with Crippen molar-refractivity contribution in [3.8, 4) is 17.0 Å². The second kappa shape index (κ2) is 8.44. The Kier molecular flexibility index (Phi) is 5.36. The minimum Gasteiger partial charge on any atom is -0.479 e. The van der Waals surface area contributed by atoms with Gasteiger partial charge in [-0.15, -0.1) is 5.10 Å². The van der Waals surface area contributed by atoms with E-state index in [1.165, 1.54) is 6.07 Å². The molecule has 1 spiro atoms. The summed E-state index contributed by atoms with van der Waals surface area (Å²) in [6.07, 6.45) is 6.20. The number of fused-ring (bicyclic) bond motifs is 2. The highest BCUT2D eigenvalue weighted by molar-refractivity contribution is 5.90. The molecule has 184 valence electrons. The molecule has 4 heterocycles. The summed E-state index contributed by atoms with van der Waals surface area (Å²) in [5.41, 5.74) is 3.16. The number of nitrogens with one attached hydrogen (secondary N) is 1. The van der Waals surface area contributed by atoms with Crippen LogP contribution in [0.2, 0.25) is 0 Å². The maximum Gasteiger partial charge on any atom is 0.244 e. The summed E-state index contributed by atoms with van der Waals surface area (Å²) in [6.45, 7) is 3.07. The predicted molar refractivity (Wildman–Crippen MR) is 128 cm³/mol. The number of imidazole rings is 1. The Hall–Kier alpha value is -3.27. The Balaban J connectivity index is 1.35. The maximum atomic E-state index is 15.0. The van der Waals surface area contributed by atoms with Crippen LogP contribution in [0, 0.1) is 18.2 Å². The van der Waals surface area contributed by atoms with Crippen molar-refractivity contribution in [2.24, 2.45) is 5.41 Å². The van der Waals surface area contributed by atoms with Crippen LogP contribution in [-0.4, -0.2) is 57.2 Å². The van der Waals surface area contributed by atoms with Gasteiger partial charge >= 0.3 is 0 Å². The summed E-state index contributed by atoms with van der Waals surface area (Å²) in [7, 11) is 1.56. The molecule has 0 bridgehead atoms. The van der Waals surface area contributed by atoms with Crippen molar-refractivity contribution >= 4 is 22.5 Å². The van der Waals surface area contributed by atoms with Crippen LogP contribution in [0.15, 0.2) is 24.4 Å². The fraction of sp³-hybridized carbons (Fsp3) is 0.480. The molecule has 2 fully saturated rings. The lowest BCUT2D eigenvalue weighted by Gasteiger charge is -2.46. The van der Waals surface area contributed by atoms with Crippen LogP contribution >= 0.6 is 0 Å². The monoisotopic (exact) mass is 482 g/mol. The quantitative estimate of drug-likeness (QED) is 0.435. The second-order valence-electron chi connectivity index (χ2n) is 9.70. The molecule has 0 radical (unpaired) electrons. The van der Waals surface area contributed by atoms with E-state index in [2.05, 4.69) is 20.4 Å². The highest BCUT2D eigenvalue weighted by atomic mass is 19.1. The zero-order chi connectivity index (χ0) is 24.2. The molecule has 0 atom stereocenters. The summed E-state index contributed by atoms with van der Waals surface area (Å²) in [4.78, 5) is 8.91. The second-order valence-corrected chi connectivity index (χ2v) is 9.70. The van der Waals surface area contributed by atoms with Crippen molar-refractivity contribution in [2.75, 3.05) is 32.3 Å². The fourth-order valence-corrected chi connectivity index (χ4v) is 5.48. The molecule has 1 N–H and O–H groups in total. The van der Waals surface area contributed by atoms with Crippen molar-refractivity contribution < 1.29 is 18.3 Å². The van der Waals surface area contributed by atoms with Gasteiger partial charge < -0.3 is 19.4 Å². The van der Waals surface area contributed by atoms with Gasteiger partial charge in [0.2, 0.25) is 11.8 Å². The van der Waals surface area contributed by atoms with E-state index in [0.29, 0.717) is 45.7 Å². The predicted octanol–water partition coefficient (Wildman–Crippen LogP) is 4.54. The lowest BCUT2D eigenvalue weighted by atomic mass is 9.71. The Morgan fingerprint density at radius 3 is 2.71 bits per heavy atom. The summed E-state index contributed by atoms with van der Waals surface area (Å²) in [6, 6.07) is 5.43. The molecule has 0 unspecified atom stereocenters. The largest absolute Gasteiger partial charge is 0.479 e. The summed E-state index contributed by atoms with van der Waals surface area (Å²) in [5, 5.41) is 8.13. The van der Waals surface area contributed by atoms with Crippen molar-refractivity contribution in [2.45, 2.75) is 45.2 Å². The van der Waals surface area contributed by atoms with Crippen LogP contribution in [0.5, 0.6) is 5.88 Å². The van der Waals surface area contributed by atoms with Gasteiger partial charge in [-0.2, -0.15) is 4.98 Å². The number of anilines is 1. The van der Waals surface area contributed by atoms with Gasteiger partial charge in [-0.05, 0) is 56.4 Å². The first-order valence-electron chi connectivity index (χ1n) is 12.0. The molecule has 10 heteroatoms. The van der Waals surface area contributed by atoms with E-state index in [1.54, 1.807) is 23.1 Å². The minimum atomic E-state index is -0.555. The number of halogens is 2. The number of rotatable bonds is 6. The first-order chi connectivity index (χ1) is 17.0. The number of hydrogen-bond acceptors (Lipinski definition) is 6. The summed E-state index contributed by atoms with van der Waals surface area (Å²) >= 11 is 0. The molecule has 1 saturated carbocycles. The van der Waals surface area contributed by atoms with Gasteiger partial charge in [0, 0.05) is 23.2 Å². The molecular weight excluding hydrogens is 454 g/mol. The van der Waals surface area contributed by atoms with Gasteiger partial charge in [-0.1, -0.05) is 0 Å². The van der Waals surface area contributed by atoms with Crippen LogP contribution in [0.25, 0.3) is 27.7 Å². The van der Waals surface area contributed by atoms with Crippen LogP contribution in [-0.2, 0) is 11.3 Å². The van der Waals surface area contributed by atoms with Crippen LogP contribution in [0.4, 0.5) is 14.7 Å². The third kappa shape index (κ3) is 3.71. The molecule has 1 saturated heterocycles. The average Bonchev–Trinajstić information content (AvgIpc) is 3.40. The number of ether oxygens (including phenoxy) is 2. The maximum absolute atomic E-state index is 15.0. The van der Waals surface area contributed by atoms with E-state index in [-0.39, 0.29) is 12.1 Å². The normalized spacial score (nSPS) is 17.8. The number of benzene rings is 1. The van der Waals surface area contributed by atoms with Gasteiger partial charge in [-0.3, -0.25) is 0 Å². The zero-order valence-corrected chi connectivity index (χ0v) is 19.9. The average molecular weight is 483 g/mol. The summed E-state index contributed by atoms with van der Waals surface area (Å²) in [5.74, 6) is 1.02. The fourth-order valence-electron chi connectivity index (χ4n) is 5.48. The molecule has 1 aliphatic heterocycles. The minimum absolute atomic E-state index is 0.124. The number of aryl methyl sites for hydroxylation is 2. The van der Waals surface area contributed by atoms with E-state index >= 15 is 4.39 Å². The third-order valence-electron chi connectivity index (χ3n) is 7.49. The molecule has 0 amide bonds. The lowest BCUT2D eigenvalue weighted by Crippen LogP contribution is -2.47. The molecule has 4 aromatic rings. The Labute approximate surface area is 201 Å². The SMILES string of the molecule is COc1nc(NC2CCC3(CC2)COC3)nn2ccc(-c3cc(F)c4nc(C)n(CCF)c4c3)c12. The molecular formula is C25H28F2N6O2. The first kappa shape index (κ1) is 22.2. The summed E-state index contributed by atoms with van der Waals surface area (Å²) < 4.78 is 42.6. The third-order valence-corrected chi connectivity index (χ3v) is 7.49. The molecule has 1 aromatic carbocycles. The van der Waals surface area contributed by atoms with Crippen LogP contribution in [0.3, 0.4) is 0 Å². The van der Waals surface area contributed by atoms with E-state index in [4.69, 9.17) is 9.47 Å². The first-order valence-corrected chi connectivity index (χ1v) is 12.0. The van der Waals surface area contributed by atoms with E-state index in [1.807, 2.05) is 18.3 Å². The van der Waals surface area contributed by atoms with Gasteiger partial charge in [0.1, 0.15) is 23.5 Å². The molecule has 3 aromatic heterocycles. The Bertz CT molecular complexity index is 1400. The smallest absolute Gasteiger partial charge is 0.244 e. The number of methoxy groups -OCH3 is 1. The standard InChI is InChI=1S/C25H28F2N6O2/c1-15-28-21-19(27)11-16(12-20(21)32(15)10-8-26)18-5-9-33-22(18)23(34-2)30-24(31-33)29-17-3-6-25(7-4-17)13-35-14-25/h5,9,11-12,17H,3-4,6-8,10,13-14H2,1-2H3,(H,29,31). The van der Waals surface area contributed by atoms with Gasteiger partial charge in [-0.25, -0.2) is 18.3 Å². The van der Waals surface area contributed by atoms with Crippen molar-refractivity contribution in [1.29, 1.82) is 0 Å². The number of alkyl halides is 1. The van der Waals surface area contributed by atoms with Crippen molar-refractivity contribution in [3.05, 3.63) is 36.0 Å².